The number of carbonyl (C=O) groups is 1. The number of pyridine rings is 1. The number of hydrogen-bond acceptors (Lipinski definition) is 4. The van der Waals surface area contributed by atoms with Crippen LogP contribution in [0.1, 0.15) is 41.7 Å². The predicted molar refractivity (Wildman–Crippen MR) is 83.1 cm³/mol. The van der Waals surface area contributed by atoms with Crippen LogP contribution in [0.5, 0.6) is 0 Å². The molecule has 3 rings (SSSR count). The Kier molecular flexibility index (Phi) is 4.10. The molecule has 2 fully saturated rings. The molecule has 3 heterocycles. The fourth-order valence-electron chi connectivity index (χ4n) is 3.51. The third kappa shape index (κ3) is 3.18. The maximum atomic E-state index is 12.6. The molecule has 5 heteroatoms. The number of nitrogen functional groups attached to an aromatic ring is 1. The van der Waals surface area contributed by atoms with Gasteiger partial charge in [-0.25, -0.2) is 4.98 Å². The highest BCUT2D eigenvalue weighted by Gasteiger charge is 2.31. The molecule has 0 aliphatic carbocycles. The lowest BCUT2D eigenvalue weighted by Gasteiger charge is -2.32. The second kappa shape index (κ2) is 6.02. The van der Waals surface area contributed by atoms with Crippen molar-refractivity contribution in [1.29, 1.82) is 0 Å². The topological polar surface area (TPSA) is 62.5 Å². The molecule has 114 valence electrons. The van der Waals surface area contributed by atoms with Crippen molar-refractivity contribution in [2.75, 3.05) is 31.9 Å². The molecule has 0 spiro atoms. The van der Waals surface area contributed by atoms with Gasteiger partial charge in [-0.15, -0.1) is 0 Å². The van der Waals surface area contributed by atoms with E-state index in [0.717, 1.165) is 25.2 Å². The summed E-state index contributed by atoms with van der Waals surface area (Å²) in [6.45, 7) is 5.94. The summed E-state index contributed by atoms with van der Waals surface area (Å²) >= 11 is 0. The van der Waals surface area contributed by atoms with Gasteiger partial charge in [-0.3, -0.25) is 9.69 Å². The van der Waals surface area contributed by atoms with Gasteiger partial charge >= 0.3 is 0 Å². The molecule has 2 N–H and O–H groups in total. The Morgan fingerprint density at radius 2 is 2.00 bits per heavy atom. The molecule has 1 aromatic rings. The zero-order chi connectivity index (χ0) is 14.8. The first-order chi connectivity index (χ1) is 10.1. The van der Waals surface area contributed by atoms with E-state index in [0.29, 0.717) is 17.4 Å². The number of amides is 1. The van der Waals surface area contributed by atoms with Crippen LogP contribution in [-0.2, 0) is 0 Å². The average molecular weight is 288 g/mol. The monoisotopic (exact) mass is 288 g/mol. The fraction of sp³-hybridized carbons (Fsp3) is 0.625. The van der Waals surface area contributed by atoms with Crippen LogP contribution in [0, 0.1) is 6.92 Å². The first-order valence-electron chi connectivity index (χ1n) is 7.91. The Morgan fingerprint density at radius 1 is 1.24 bits per heavy atom. The summed E-state index contributed by atoms with van der Waals surface area (Å²) in [5.41, 5.74) is 7.21. The van der Waals surface area contributed by atoms with E-state index >= 15 is 0 Å². The number of nitrogens with zero attached hydrogens (tertiary/aromatic N) is 3. The van der Waals surface area contributed by atoms with Crippen LogP contribution in [0.15, 0.2) is 12.1 Å². The fourth-order valence-corrected chi connectivity index (χ4v) is 3.51. The molecular weight excluding hydrogens is 264 g/mol. The van der Waals surface area contributed by atoms with Crippen molar-refractivity contribution in [2.45, 2.75) is 38.6 Å². The van der Waals surface area contributed by atoms with E-state index in [1.807, 2.05) is 17.9 Å². The van der Waals surface area contributed by atoms with Crippen LogP contribution >= 0.6 is 0 Å². The van der Waals surface area contributed by atoms with E-state index in [1.54, 1.807) is 6.07 Å². The number of piperidine rings is 1. The Balaban J connectivity index is 1.66. The number of anilines is 1. The largest absolute Gasteiger partial charge is 0.384 e. The summed E-state index contributed by atoms with van der Waals surface area (Å²) in [6.07, 6.45) is 5.03. The molecule has 2 saturated heterocycles. The lowest BCUT2D eigenvalue weighted by molar-refractivity contribution is 0.0771. The number of carbonyl (C=O) groups excluding carboxylic acids is 1. The third-order valence-corrected chi connectivity index (χ3v) is 4.58. The third-order valence-electron chi connectivity index (χ3n) is 4.58. The van der Waals surface area contributed by atoms with Gasteiger partial charge in [0, 0.05) is 30.4 Å². The molecule has 0 bridgehead atoms. The van der Waals surface area contributed by atoms with Crippen molar-refractivity contribution >= 4 is 11.7 Å². The molecule has 5 nitrogen and oxygen atoms in total. The highest BCUT2D eigenvalue weighted by molar-refractivity contribution is 5.95. The summed E-state index contributed by atoms with van der Waals surface area (Å²) in [5, 5.41) is 0. The van der Waals surface area contributed by atoms with Crippen molar-refractivity contribution in [2.24, 2.45) is 0 Å². The first kappa shape index (κ1) is 14.3. The smallest absolute Gasteiger partial charge is 0.254 e. The molecule has 1 atom stereocenters. The van der Waals surface area contributed by atoms with E-state index in [1.165, 1.54) is 32.4 Å². The van der Waals surface area contributed by atoms with Gasteiger partial charge in [0.15, 0.2) is 0 Å². The van der Waals surface area contributed by atoms with Crippen LogP contribution in [-0.4, -0.2) is 52.9 Å². The average Bonchev–Trinajstić information content (AvgIpc) is 2.96. The maximum Gasteiger partial charge on any atom is 0.254 e. The summed E-state index contributed by atoms with van der Waals surface area (Å²) in [7, 11) is 0. The highest BCUT2D eigenvalue weighted by atomic mass is 16.2. The molecule has 1 unspecified atom stereocenters. The number of rotatable bonds is 2. The molecular formula is C16H24N4O. The van der Waals surface area contributed by atoms with Crippen LogP contribution in [0.4, 0.5) is 5.82 Å². The Bertz CT molecular complexity index is 505. The zero-order valence-corrected chi connectivity index (χ0v) is 12.7. The van der Waals surface area contributed by atoms with Gasteiger partial charge in [0.2, 0.25) is 0 Å². The second-order valence-electron chi connectivity index (χ2n) is 6.21. The number of aryl methyl sites for hydroxylation is 1. The van der Waals surface area contributed by atoms with Crippen LogP contribution < -0.4 is 5.73 Å². The molecule has 21 heavy (non-hydrogen) atoms. The standard InChI is InChI=1S/C16H24N4O/c1-12-9-13(10-15(17)18-12)16(21)20-8-5-14(11-20)19-6-3-2-4-7-19/h9-10,14H,2-8,11H2,1H3,(H2,17,18). The lowest BCUT2D eigenvalue weighted by Crippen LogP contribution is -2.41. The van der Waals surface area contributed by atoms with Crippen molar-refractivity contribution < 1.29 is 4.79 Å². The second-order valence-corrected chi connectivity index (χ2v) is 6.21. The number of nitrogens with two attached hydrogens (primary N) is 1. The van der Waals surface area contributed by atoms with E-state index in [2.05, 4.69) is 9.88 Å². The zero-order valence-electron chi connectivity index (χ0n) is 12.7. The molecule has 0 aromatic carbocycles. The van der Waals surface area contributed by atoms with Crippen molar-refractivity contribution in [1.82, 2.24) is 14.8 Å². The van der Waals surface area contributed by atoms with E-state index < -0.39 is 0 Å². The van der Waals surface area contributed by atoms with Gasteiger partial charge in [0.05, 0.1) is 0 Å². The summed E-state index contributed by atoms with van der Waals surface area (Å²) < 4.78 is 0. The van der Waals surface area contributed by atoms with Gasteiger partial charge in [-0.05, 0) is 51.4 Å². The quantitative estimate of drug-likeness (QED) is 0.899. The van der Waals surface area contributed by atoms with Gasteiger partial charge in [-0.2, -0.15) is 0 Å². The minimum atomic E-state index is 0.0895. The number of aromatic nitrogens is 1. The summed E-state index contributed by atoms with van der Waals surface area (Å²) in [4.78, 5) is 21.3. The van der Waals surface area contributed by atoms with Gasteiger partial charge in [0.25, 0.3) is 5.91 Å². The minimum absolute atomic E-state index is 0.0895. The van der Waals surface area contributed by atoms with Crippen molar-refractivity contribution in [3.05, 3.63) is 23.4 Å². The molecule has 0 radical (unpaired) electrons. The number of hydrogen-bond donors (Lipinski definition) is 1. The normalized spacial score (nSPS) is 23.5. The maximum absolute atomic E-state index is 12.6. The predicted octanol–water partition coefficient (Wildman–Crippen LogP) is 1.67. The number of likely N-dealkylation sites (tertiary alicyclic amines) is 2. The molecule has 1 amide bonds. The molecule has 1 aromatic heterocycles. The molecule has 2 aliphatic rings. The van der Waals surface area contributed by atoms with Crippen molar-refractivity contribution in [3.63, 3.8) is 0 Å². The van der Waals surface area contributed by atoms with Crippen LogP contribution in [0.2, 0.25) is 0 Å². The van der Waals surface area contributed by atoms with Gasteiger partial charge < -0.3 is 10.6 Å². The van der Waals surface area contributed by atoms with E-state index in [4.69, 9.17) is 5.73 Å². The molecule has 2 aliphatic heterocycles. The Morgan fingerprint density at radius 3 is 2.71 bits per heavy atom. The first-order valence-corrected chi connectivity index (χ1v) is 7.91. The Labute approximate surface area is 126 Å². The van der Waals surface area contributed by atoms with Crippen LogP contribution in [0.25, 0.3) is 0 Å². The highest BCUT2D eigenvalue weighted by Crippen LogP contribution is 2.22. The van der Waals surface area contributed by atoms with E-state index in [-0.39, 0.29) is 5.91 Å². The Hall–Kier alpha value is -1.62. The van der Waals surface area contributed by atoms with E-state index in [9.17, 15) is 4.79 Å². The molecule has 0 saturated carbocycles. The lowest BCUT2D eigenvalue weighted by atomic mass is 10.1. The van der Waals surface area contributed by atoms with Crippen molar-refractivity contribution in [3.8, 4) is 0 Å². The van der Waals surface area contributed by atoms with Gasteiger partial charge in [0.1, 0.15) is 5.82 Å². The van der Waals surface area contributed by atoms with Crippen LogP contribution in [0.3, 0.4) is 0 Å². The van der Waals surface area contributed by atoms with Gasteiger partial charge in [-0.1, -0.05) is 6.42 Å². The summed E-state index contributed by atoms with van der Waals surface area (Å²) in [6, 6.07) is 4.05. The SMILES string of the molecule is Cc1cc(C(=O)N2CCC(N3CCCCC3)C2)cc(N)n1. The minimum Gasteiger partial charge on any atom is -0.384 e. The summed E-state index contributed by atoms with van der Waals surface area (Å²) in [5.74, 6) is 0.511.